The SMILES string of the molecule is COc1c(C)cc(S(=O)(=O)N(C)C2CCCCC2)cc1C. The van der Waals surface area contributed by atoms with E-state index in [4.69, 9.17) is 4.74 Å². The summed E-state index contributed by atoms with van der Waals surface area (Å²) in [5.41, 5.74) is 1.71. The minimum absolute atomic E-state index is 0.131. The van der Waals surface area contributed by atoms with Crippen LogP contribution < -0.4 is 4.74 Å². The average molecular weight is 311 g/mol. The maximum Gasteiger partial charge on any atom is 0.243 e. The maximum absolute atomic E-state index is 12.8. The van der Waals surface area contributed by atoms with Gasteiger partial charge in [-0.1, -0.05) is 19.3 Å². The lowest BCUT2D eigenvalue weighted by Gasteiger charge is -2.30. The van der Waals surface area contributed by atoms with Crippen molar-refractivity contribution in [3.05, 3.63) is 23.3 Å². The molecule has 1 aromatic rings. The molecule has 0 unspecified atom stereocenters. The van der Waals surface area contributed by atoms with Gasteiger partial charge in [0.2, 0.25) is 10.0 Å². The van der Waals surface area contributed by atoms with Crippen molar-refractivity contribution in [2.45, 2.75) is 56.9 Å². The van der Waals surface area contributed by atoms with Gasteiger partial charge in [-0.15, -0.1) is 0 Å². The summed E-state index contributed by atoms with van der Waals surface area (Å²) < 4.78 is 32.5. The molecule has 1 aliphatic carbocycles. The molecule has 0 spiro atoms. The highest BCUT2D eigenvalue weighted by Crippen LogP contribution is 2.30. The van der Waals surface area contributed by atoms with Crippen molar-refractivity contribution in [2.24, 2.45) is 0 Å². The molecular weight excluding hydrogens is 286 g/mol. The largest absolute Gasteiger partial charge is 0.496 e. The molecule has 0 amide bonds. The first-order valence-corrected chi connectivity index (χ1v) is 8.95. The lowest BCUT2D eigenvalue weighted by atomic mass is 9.96. The summed E-state index contributed by atoms with van der Waals surface area (Å²) in [6, 6.07) is 3.55. The molecule has 1 aliphatic rings. The van der Waals surface area contributed by atoms with Gasteiger partial charge in [-0.2, -0.15) is 4.31 Å². The van der Waals surface area contributed by atoms with Crippen molar-refractivity contribution in [1.82, 2.24) is 4.31 Å². The highest BCUT2D eigenvalue weighted by Gasteiger charge is 2.29. The van der Waals surface area contributed by atoms with Crippen LogP contribution in [-0.2, 0) is 10.0 Å². The van der Waals surface area contributed by atoms with Crippen molar-refractivity contribution in [3.8, 4) is 5.75 Å². The first-order chi connectivity index (χ1) is 9.87. The van der Waals surface area contributed by atoms with Crippen LogP contribution in [0, 0.1) is 13.8 Å². The summed E-state index contributed by atoms with van der Waals surface area (Å²) in [7, 11) is -0.113. The third-order valence-corrected chi connectivity index (χ3v) is 6.29. The zero-order valence-corrected chi connectivity index (χ0v) is 14.2. The minimum Gasteiger partial charge on any atom is -0.496 e. The van der Waals surface area contributed by atoms with E-state index >= 15 is 0 Å². The van der Waals surface area contributed by atoms with E-state index in [1.54, 1.807) is 30.6 Å². The number of ether oxygens (including phenoxy) is 1. The summed E-state index contributed by atoms with van der Waals surface area (Å²) in [6.45, 7) is 3.76. The fourth-order valence-electron chi connectivity index (χ4n) is 3.19. The lowest BCUT2D eigenvalue weighted by Crippen LogP contribution is -2.38. The summed E-state index contributed by atoms with van der Waals surface area (Å²) in [6.07, 6.45) is 5.37. The number of aryl methyl sites for hydroxylation is 2. The van der Waals surface area contributed by atoms with Gasteiger partial charge in [-0.3, -0.25) is 0 Å². The van der Waals surface area contributed by atoms with Crippen LogP contribution in [-0.4, -0.2) is 32.9 Å². The molecule has 5 heteroatoms. The first-order valence-electron chi connectivity index (χ1n) is 7.51. The number of sulfonamides is 1. The molecule has 2 rings (SSSR count). The number of hydrogen-bond acceptors (Lipinski definition) is 3. The first kappa shape index (κ1) is 16.3. The summed E-state index contributed by atoms with van der Waals surface area (Å²) in [5, 5.41) is 0. The molecule has 0 saturated heterocycles. The van der Waals surface area contributed by atoms with Gasteiger partial charge in [-0.05, 0) is 49.9 Å². The average Bonchev–Trinajstić information content (AvgIpc) is 2.47. The van der Waals surface area contributed by atoms with Gasteiger partial charge < -0.3 is 4.74 Å². The van der Waals surface area contributed by atoms with E-state index in [-0.39, 0.29) is 6.04 Å². The Hall–Kier alpha value is -1.07. The van der Waals surface area contributed by atoms with Crippen LogP contribution >= 0.6 is 0 Å². The smallest absolute Gasteiger partial charge is 0.243 e. The van der Waals surface area contributed by atoms with E-state index in [2.05, 4.69) is 0 Å². The standard InChI is InChI=1S/C16H25NO3S/c1-12-10-15(11-13(2)16(12)20-4)21(18,19)17(3)14-8-6-5-7-9-14/h10-11,14H,5-9H2,1-4H3. The molecule has 1 saturated carbocycles. The Balaban J connectivity index is 2.34. The molecule has 0 aliphatic heterocycles. The van der Waals surface area contributed by atoms with Crippen molar-refractivity contribution < 1.29 is 13.2 Å². The van der Waals surface area contributed by atoms with Crippen LogP contribution in [0.2, 0.25) is 0 Å². The molecule has 0 heterocycles. The Bertz CT molecular complexity index is 581. The maximum atomic E-state index is 12.8. The molecule has 0 radical (unpaired) electrons. The summed E-state index contributed by atoms with van der Waals surface area (Å²) in [5.74, 6) is 0.759. The molecule has 0 aromatic heterocycles. The number of rotatable bonds is 4. The van der Waals surface area contributed by atoms with E-state index in [1.807, 2.05) is 13.8 Å². The molecule has 4 nitrogen and oxygen atoms in total. The predicted molar refractivity (Wildman–Crippen MR) is 84.3 cm³/mol. The zero-order valence-electron chi connectivity index (χ0n) is 13.3. The van der Waals surface area contributed by atoms with Gasteiger partial charge in [0.1, 0.15) is 5.75 Å². The highest BCUT2D eigenvalue weighted by atomic mass is 32.2. The van der Waals surface area contributed by atoms with Crippen LogP contribution in [0.1, 0.15) is 43.2 Å². The lowest BCUT2D eigenvalue weighted by molar-refractivity contribution is 0.286. The third kappa shape index (κ3) is 3.24. The Morgan fingerprint density at radius 1 is 1.10 bits per heavy atom. The monoisotopic (exact) mass is 311 g/mol. The van der Waals surface area contributed by atoms with E-state index in [9.17, 15) is 8.42 Å². The summed E-state index contributed by atoms with van der Waals surface area (Å²) >= 11 is 0. The summed E-state index contributed by atoms with van der Waals surface area (Å²) in [4.78, 5) is 0.367. The van der Waals surface area contributed by atoms with Crippen molar-refractivity contribution in [2.75, 3.05) is 14.2 Å². The van der Waals surface area contributed by atoms with Gasteiger partial charge in [0.05, 0.1) is 12.0 Å². The van der Waals surface area contributed by atoms with Crippen LogP contribution in [0.5, 0.6) is 5.75 Å². The van der Waals surface area contributed by atoms with Gasteiger partial charge >= 0.3 is 0 Å². The van der Waals surface area contributed by atoms with Gasteiger partial charge in [0.15, 0.2) is 0 Å². The van der Waals surface area contributed by atoms with Crippen molar-refractivity contribution in [1.29, 1.82) is 0 Å². The Morgan fingerprint density at radius 2 is 1.62 bits per heavy atom. The Morgan fingerprint density at radius 3 is 2.10 bits per heavy atom. The molecule has 1 aromatic carbocycles. The minimum atomic E-state index is -3.43. The van der Waals surface area contributed by atoms with Crippen molar-refractivity contribution >= 4 is 10.0 Å². The number of methoxy groups -OCH3 is 1. The van der Waals surface area contributed by atoms with Crippen LogP contribution in [0.3, 0.4) is 0 Å². The molecule has 1 fully saturated rings. The van der Waals surface area contributed by atoms with Gasteiger partial charge in [-0.25, -0.2) is 8.42 Å². The molecule has 0 N–H and O–H groups in total. The second kappa shape index (κ2) is 6.36. The Labute approximate surface area is 128 Å². The third-order valence-electron chi connectivity index (χ3n) is 4.40. The van der Waals surface area contributed by atoms with E-state index in [1.165, 1.54) is 6.42 Å². The van der Waals surface area contributed by atoms with E-state index in [0.717, 1.165) is 42.6 Å². The molecule has 0 atom stereocenters. The highest BCUT2D eigenvalue weighted by molar-refractivity contribution is 7.89. The molecule has 21 heavy (non-hydrogen) atoms. The van der Waals surface area contributed by atoms with Crippen molar-refractivity contribution in [3.63, 3.8) is 0 Å². The molecule has 0 bridgehead atoms. The van der Waals surface area contributed by atoms with Crippen LogP contribution in [0.4, 0.5) is 0 Å². The molecular formula is C16H25NO3S. The topological polar surface area (TPSA) is 46.6 Å². The number of hydrogen-bond donors (Lipinski definition) is 0. The van der Waals surface area contributed by atoms with E-state index < -0.39 is 10.0 Å². The van der Waals surface area contributed by atoms with E-state index in [0.29, 0.717) is 4.90 Å². The fourth-order valence-corrected chi connectivity index (χ4v) is 4.78. The van der Waals surface area contributed by atoms with Gasteiger partial charge in [0, 0.05) is 13.1 Å². The normalized spacial score (nSPS) is 17.2. The Kier molecular flexibility index (Phi) is 4.94. The quantitative estimate of drug-likeness (QED) is 0.857. The molecule has 118 valence electrons. The number of benzene rings is 1. The zero-order chi connectivity index (χ0) is 15.6. The van der Waals surface area contributed by atoms with Crippen LogP contribution in [0.15, 0.2) is 17.0 Å². The second-order valence-corrected chi connectivity index (χ2v) is 7.90. The van der Waals surface area contributed by atoms with Gasteiger partial charge in [0.25, 0.3) is 0 Å². The second-order valence-electron chi connectivity index (χ2n) is 5.90. The van der Waals surface area contributed by atoms with Crippen LogP contribution in [0.25, 0.3) is 0 Å². The number of nitrogens with zero attached hydrogens (tertiary/aromatic N) is 1. The fraction of sp³-hybridized carbons (Fsp3) is 0.625. The predicted octanol–water partition coefficient (Wildman–Crippen LogP) is 3.27.